The third-order valence-corrected chi connectivity index (χ3v) is 1.73. The van der Waals surface area contributed by atoms with Crippen molar-refractivity contribution in [3.8, 4) is 0 Å². The molecule has 1 amide bonds. The Labute approximate surface area is 91.7 Å². The minimum atomic E-state index is -0.239. The van der Waals surface area contributed by atoms with Crippen LogP contribution in [0.4, 0.5) is 0 Å². The molecule has 4 nitrogen and oxygen atoms in total. The number of carbonyl (C=O) groups is 1. The first-order chi connectivity index (χ1) is 7.11. The summed E-state index contributed by atoms with van der Waals surface area (Å²) in [5.74, 6) is -0.00120. The molecule has 1 aromatic heterocycles. The fourth-order valence-corrected chi connectivity index (χ4v) is 1.03. The van der Waals surface area contributed by atoms with Crippen molar-refractivity contribution in [1.29, 1.82) is 0 Å². The molecule has 0 spiro atoms. The molecule has 1 N–H and O–H groups in total. The maximum Gasteiger partial charge on any atom is 0.244 e. The first-order valence-electron chi connectivity index (χ1n) is 5.40. The first-order valence-corrected chi connectivity index (χ1v) is 5.40. The van der Waals surface area contributed by atoms with E-state index in [9.17, 15) is 4.79 Å². The second-order valence-corrected chi connectivity index (χ2v) is 3.33. The highest BCUT2D eigenvalue weighted by Crippen LogP contribution is 2.02. The third-order valence-electron chi connectivity index (χ3n) is 1.73. The quantitative estimate of drug-likeness (QED) is 0.831. The summed E-state index contributed by atoms with van der Waals surface area (Å²) in [6, 6.07) is 1.74. The van der Waals surface area contributed by atoms with E-state index in [1.165, 1.54) is 0 Å². The third kappa shape index (κ3) is 4.63. The van der Waals surface area contributed by atoms with Crippen molar-refractivity contribution in [2.75, 3.05) is 0 Å². The molecule has 0 radical (unpaired) electrons. The van der Waals surface area contributed by atoms with Crippen LogP contribution in [-0.2, 0) is 4.79 Å². The largest absolute Gasteiger partial charge is 0.352 e. The summed E-state index contributed by atoms with van der Waals surface area (Å²) >= 11 is 0. The zero-order valence-corrected chi connectivity index (χ0v) is 10.2. The van der Waals surface area contributed by atoms with Crippen LogP contribution < -0.4 is 5.32 Å². The summed E-state index contributed by atoms with van der Waals surface area (Å²) in [6.07, 6.45) is 3.45. The molecule has 0 aliphatic heterocycles. The molecule has 0 aromatic carbocycles. The van der Waals surface area contributed by atoms with Crippen molar-refractivity contribution in [3.63, 3.8) is 0 Å². The molecular weight excluding hydrogens is 190 g/mol. The number of nitrogens with zero attached hydrogens (tertiary/aromatic N) is 2. The highest BCUT2D eigenvalue weighted by atomic mass is 16.2. The van der Waals surface area contributed by atoms with Crippen LogP contribution >= 0.6 is 0 Å². The number of hydrogen-bond donors (Lipinski definition) is 1. The minimum Gasteiger partial charge on any atom is -0.352 e. The van der Waals surface area contributed by atoms with E-state index >= 15 is 0 Å². The Morgan fingerprint density at radius 2 is 1.93 bits per heavy atom. The highest BCUT2D eigenvalue weighted by molar-refractivity contribution is 5.79. The summed E-state index contributed by atoms with van der Waals surface area (Å²) in [5.41, 5.74) is 0. The standard InChI is InChI=1S/C9H15N3O.C2H6/c1-7(2)11-9(13)8(3)12-6-4-5-10-12;1-2/h4-8H,1-3H3,(H,11,13);1-2H3. The normalized spacial score (nSPS) is 11.6. The smallest absolute Gasteiger partial charge is 0.244 e. The molecule has 4 heteroatoms. The van der Waals surface area contributed by atoms with E-state index in [0.717, 1.165) is 0 Å². The Balaban J connectivity index is 0.000000921. The van der Waals surface area contributed by atoms with Crippen LogP contribution in [0.3, 0.4) is 0 Å². The maximum atomic E-state index is 11.5. The van der Waals surface area contributed by atoms with Crippen LogP contribution in [0.5, 0.6) is 0 Å². The molecule has 0 aliphatic rings. The predicted octanol–water partition coefficient (Wildman–Crippen LogP) is 1.99. The van der Waals surface area contributed by atoms with Gasteiger partial charge < -0.3 is 5.32 Å². The number of carbonyl (C=O) groups excluding carboxylic acids is 1. The second kappa shape index (κ2) is 7.04. The molecule has 0 fully saturated rings. The average molecular weight is 211 g/mol. The highest BCUT2D eigenvalue weighted by Gasteiger charge is 2.14. The monoisotopic (exact) mass is 211 g/mol. The summed E-state index contributed by atoms with van der Waals surface area (Å²) in [4.78, 5) is 11.5. The molecule has 1 rings (SSSR count). The fraction of sp³-hybridized carbons (Fsp3) is 0.636. The summed E-state index contributed by atoms with van der Waals surface area (Å²) in [5, 5.41) is 6.83. The van der Waals surface area contributed by atoms with Gasteiger partial charge in [0.15, 0.2) is 0 Å². The number of hydrogen-bond acceptors (Lipinski definition) is 2. The molecule has 1 aromatic rings. The van der Waals surface area contributed by atoms with Crippen LogP contribution in [0.2, 0.25) is 0 Å². The van der Waals surface area contributed by atoms with Gasteiger partial charge in [-0.3, -0.25) is 9.48 Å². The van der Waals surface area contributed by atoms with Gasteiger partial charge in [0.1, 0.15) is 6.04 Å². The van der Waals surface area contributed by atoms with Gasteiger partial charge in [-0.05, 0) is 26.8 Å². The van der Waals surface area contributed by atoms with Crippen molar-refractivity contribution in [1.82, 2.24) is 15.1 Å². The minimum absolute atomic E-state index is 0.00120. The Bertz CT molecular complexity index is 267. The lowest BCUT2D eigenvalue weighted by atomic mass is 10.3. The van der Waals surface area contributed by atoms with Crippen LogP contribution in [-0.4, -0.2) is 21.7 Å². The lowest BCUT2D eigenvalue weighted by Crippen LogP contribution is -2.35. The molecule has 0 saturated heterocycles. The molecule has 86 valence electrons. The van der Waals surface area contributed by atoms with Gasteiger partial charge in [-0.2, -0.15) is 5.10 Å². The average Bonchev–Trinajstić information content (AvgIpc) is 2.71. The Morgan fingerprint density at radius 1 is 1.33 bits per heavy atom. The van der Waals surface area contributed by atoms with Gasteiger partial charge in [-0.1, -0.05) is 13.8 Å². The van der Waals surface area contributed by atoms with E-state index in [1.54, 1.807) is 23.1 Å². The molecule has 1 unspecified atom stereocenters. The van der Waals surface area contributed by atoms with Gasteiger partial charge in [0.05, 0.1) is 0 Å². The van der Waals surface area contributed by atoms with E-state index in [2.05, 4.69) is 10.4 Å². The van der Waals surface area contributed by atoms with E-state index in [1.807, 2.05) is 34.6 Å². The fourth-order valence-electron chi connectivity index (χ4n) is 1.03. The maximum absolute atomic E-state index is 11.5. The topological polar surface area (TPSA) is 46.9 Å². The SMILES string of the molecule is CC.CC(C)NC(=O)C(C)n1cccn1. The second-order valence-electron chi connectivity index (χ2n) is 3.33. The van der Waals surface area contributed by atoms with Crippen molar-refractivity contribution in [2.24, 2.45) is 0 Å². The Hall–Kier alpha value is -1.32. The van der Waals surface area contributed by atoms with Crippen molar-refractivity contribution in [3.05, 3.63) is 18.5 Å². The molecule has 1 atom stereocenters. The van der Waals surface area contributed by atoms with Crippen molar-refractivity contribution < 1.29 is 4.79 Å². The molecule has 0 saturated carbocycles. The summed E-state index contributed by atoms with van der Waals surface area (Å²) < 4.78 is 1.64. The number of rotatable bonds is 3. The van der Waals surface area contributed by atoms with Crippen molar-refractivity contribution in [2.45, 2.75) is 46.7 Å². The molecule has 0 aliphatic carbocycles. The lowest BCUT2D eigenvalue weighted by molar-refractivity contribution is -0.124. The van der Waals surface area contributed by atoms with Crippen LogP contribution in [0.15, 0.2) is 18.5 Å². The predicted molar refractivity (Wildman–Crippen MR) is 61.6 cm³/mol. The van der Waals surface area contributed by atoms with E-state index in [0.29, 0.717) is 0 Å². The molecule has 0 bridgehead atoms. The zero-order valence-electron chi connectivity index (χ0n) is 10.2. The molecule has 15 heavy (non-hydrogen) atoms. The van der Waals surface area contributed by atoms with Gasteiger partial charge in [-0.15, -0.1) is 0 Å². The van der Waals surface area contributed by atoms with E-state index in [-0.39, 0.29) is 18.0 Å². The van der Waals surface area contributed by atoms with Crippen LogP contribution in [0.25, 0.3) is 0 Å². The Kier molecular flexibility index (Phi) is 6.42. The lowest BCUT2D eigenvalue weighted by Gasteiger charge is -2.14. The van der Waals surface area contributed by atoms with Gasteiger partial charge in [0.25, 0.3) is 0 Å². The number of amides is 1. The van der Waals surface area contributed by atoms with Gasteiger partial charge in [0, 0.05) is 18.4 Å². The van der Waals surface area contributed by atoms with E-state index in [4.69, 9.17) is 0 Å². The molecule has 1 heterocycles. The number of nitrogens with one attached hydrogen (secondary N) is 1. The van der Waals surface area contributed by atoms with Crippen LogP contribution in [0, 0.1) is 0 Å². The zero-order chi connectivity index (χ0) is 11.8. The van der Waals surface area contributed by atoms with Gasteiger partial charge >= 0.3 is 0 Å². The number of aromatic nitrogens is 2. The Morgan fingerprint density at radius 3 is 2.33 bits per heavy atom. The molecular formula is C11H21N3O. The van der Waals surface area contributed by atoms with E-state index < -0.39 is 0 Å². The van der Waals surface area contributed by atoms with Crippen molar-refractivity contribution >= 4 is 5.91 Å². The summed E-state index contributed by atoms with van der Waals surface area (Å²) in [7, 11) is 0. The summed E-state index contributed by atoms with van der Waals surface area (Å²) in [6.45, 7) is 9.70. The van der Waals surface area contributed by atoms with Crippen LogP contribution in [0.1, 0.15) is 40.7 Å². The van der Waals surface area contributed by atoms with Gasteiger partial charge in [-0.25, -0.2) is 0 Å². The van der Waals surface area contributed by atoms with Gasteiger partial charge in [0.2, 0.25) is 5.91 Å². The first kappa shape index (κ1) is 13.7.